The molecule has 0 unspecified atom stereocenters. The highest BCUT2D eigenvalue weighted by Crippen LogP contribution is 2.25. The molecule has 1 aromatic heterocycles. The summed E-state index contributed by atoms with van der Waals surface area (Å²) < 4.78 is 0. The Morgan fingerprint density at radius 2 is 2.28 bits per heavy atom. The van der Waals surface area contributed by atoms with Gasteiger partial charge in [-0.3, -0.25) is 0 Å². The van der Waals surface area contributed by atoms with Gasteiger partial charge in [-0.1, -0.05) is 19.1 Å². The third-order valence-electron chi connectivity index (χ3n) is 2.59. The molecule has 0 saturated heterocycles. The van der Waals surface area contributed by atoms with Crippen LogP contribution in [-0.2, 0) is 6.42 Å². The Morgan fingerprint density at radius 1 is 1.50 bits per heavy atom. The number of benzene rings is 1. The van der Waals surface area contributed by atoms with Gasteiger partial charge in [-0.15, -0.1) is 11.3 Å². The van der Waals surface area contributed by atoms with Crippen molar-refractivity contribution < 1.29 is 9.90 Å². The zero-order chi connectivity index (χ0) is 13.1. The van der Waals surface area contributed by atoms with E-state index in [1.54, 1.807) is 6.92 Å². The van der Waals surface area contributed by atoms with Gasteiger partial charge < -0.3 is 10.4 Å². The van der Waals surface area contributed by atoms with Gasteiger partial charge in [0.1, 0.15) is 0 Å². The molecule has 5 heteroatoms. The topological polar surface area (TPSA) is 62.2 Å². The molecule has 0 aliphatic rings. The molecule has 94 valence electrons. The summed E-state index contributed by atoms with van der Waals surface area (Å²) in [6, 6.07) is 8.01. The van der Waals surface area contributed by atoms with Gasteiger partial charge in [-0.05, 0) is 31.0 Å². The van der Waals surface area contributed by atoms with Crippen LogP contribution in [0, 0.1) is 6.92 Å². The molecule has 18 heavy (non-hydrogen) atoms. The quantitative estimate of drug-likeness (QED) is 0.885. The molecule has 0 bridgehead atoms. The molecular weight excluding hydrogens is 248 g/mol. The maximum Gasteiger partial charge on any atom is 0.355 e. The van der Waals surface area contributed by atoms with Crippen molar-refractivity contribution in [3.05, 3.63) is 40.4 Å². The Bertz CT molecular complexity index is 578. The molecule has 1 aromatic carbocycles. The normalized spacial score (nSPS) is 10.3. The first-order valence-corrected chi connectivity index (χ1v) is 6.48. The van der Waals surface area contributed by atoms with E-state index >= 15 is 0 Å². The molecule has 0 spiro atoms. The van der Waals surface area contributed by atoms with E-state index in [4.69, 9.17) is 5.11 Å². The average Bonchev–Trinajstić information content (AvgIpc) is 2.70. The van der Waals surface area contributed by atoms with Crippen molar-refractivity contribution in [3.8, 4) is 0 Å². The number of carbonyl (C=O) groups is 1. The average molecular weight is 262 g/mol. The fraction of sp³-hybridized carbons (Fsp3) is 0.231. The predicted octanol–water partition coefficient (Wildman–Crippen LogP) is 3.46. The van der Waals surface area contributed by atoms with Crippen molar-refractivity contribution in [1.29, 1.82) is 0 Å². The number of carboxylic acids is 1. The Kier molecular flexibility index (Phi) is 3.62. The number of nitrogens with one attached hydrogen (secondary N) is 1. The zero-order valence-electron chi connectivity index (χ0n) is 10.2. The van der Waals surface area contributed by atoms with Crippen molar-refractivity contribution in [2.45, 2.75) is 20.3 Å². The van der Waals surface area contributed by atoms with Gasteiger partial charge >= 0.3 is 5.97 Å². The number of thiazole rings is 1. The van der Waals surface area contributed by atoms with Crippen LogP contribution in [0.5, 0.6) is 0 Å². The minimum Gasteiger partial charge on any atom is -0.476 e. The van der Waals surface area contributed by atoms with Gasteiger partial charge in [-0.2, -0.15) is 0 Å². The summed E-state index contributed by atoms with van der Waals surface area (Å²) in [5.74, 6) is -0.987. The van der Waals surface area contributed by atoms with Crippen LogP contribution in [0.15, 0.2) is 24.3 Å². The molecule has 2 N–H and O–H groups in total. The van der Waals surface area contributed by atoms with Crippen molar-refractivity contribution >= 4 is 28.1 Å². The summed E-state index contributed by atoms with van der Waals surface area (Å²) in [4.78, 5) is 15.7. The molecule has 0 fully saturated rings. The molecule has 2 rings (SSSR count). The molecule has 0 amide bonds. The molecule has 0 saturated carbocycles. The smallest absolute Gasteiger partial charge is 0.355 e. The van der Waals surface area contributed by atoms with Crippen LogP contribution in [0.25, 0.3) is 0 Å². The van der Waals surface area contributed by atoms with Gasteiger partial charge in [0.15, 0.2) is 10.8 Å². The van der Waals surface area contributed by atoms with Crippen LogP contribution in [0.4, 0.5) is 10.8 Å². The van der Waals surface area contributed by atoms with E-state index in [1.165, 1.54) is 16.9 Å². The van der Waals surface area contributed by atoms with Crippen LogP contribution < -0.4 is 5.32 Å². The molecule has 0 atom stereocenters. The fourth-order valence-electron chi connectivity index (χ4n) is 1.64. The third-order valence-corrected chi connectivity index (χ3v) is 3.47. The first-order valence-electron chi connectivity index (χ1n) is 5.67. The number of hydrogen-bond acceptors (Lipinski definition) is 4. The maximum atomic E-state index is 10.9. The SMILES string of the molecule is CCc1cccc(Nc2nc(C(=O)O)c(C)s2)c1. The lowest BCUT2D eigenvalue weighted by Gasteiger charge is -2.04. The first-order chi connectivity index (χ1) is 8.60. The summed E-state index contributed by atoms with van der Waals surface area (Å²) in [6.07, 6.45) is 0.965. The summed E-state index contributed by atoms with van der Waals surface area (Å²) in [5.41, 5.74) is 2.28. The van der Waals surface area contributed by atoms with Gasteiger partial charge in [0, 0.05) is 10.6 Å². The van der Waals surface area contributed by atoms with E-state index < -0.39 is 5.97 Å². The second-order valence-corrected chi connectivity index (χ2v) is 5.11. The number of aromatic carboxylic acids is 1. The number of aryl methyl sites for hydroxylation is 2. The highest BCUT2D eigenvalue weighted by Gasteiger charge is 2.13. The van der Waals surface area contributed by atoms with Crippen LogP contribution in [0.3, 0.4) is 0 Å². The van der Waals surface area contributed by atoms with Crippen molar-refractivity contribution in [2.75, 3.05) is 5.32 Å². The molecule has 4 nitrogen and oxygen atoms in total. The number of nitrogens with zero attached hydrogens (tertiary/aromatic N) is 1. The monoisotopic (exact) mass is 262 g/mol. The summed E-state index contributed by atoms with van der Waals surface area (Å²) >= 11 is 1.35. The molecule has 0 aliphatic heterocycles. The molecule has 1 heterocycles. The lowest BCUT2D eigenvalue weighted by Crippen LogP contribution is -1.99. The molecule has 0 aliphatic carbocycles. The number of aromatic nitrogens is 1. The summed E-state index contributed by atoms with van der Waals surface area (Å²) in [7, 11) is 0. The molecule has 2 aromatic rings. The van der Waals surface area contributed by atoms with Gasteiger partial charge in [0.25, 0.3) is 0 Å². The Balaban J connectivity index is 2.23. The maximum absolute atomic E-state index is 10.9. The van der Waals surface area contributed by atoms with Crippen LogP contribution in [-0.4, -0.2) is 16.1 Å². The Labute approximate surface area is 109 Å². The van der Waals surface area contributed by atoms with E-state index in [2.05, 4.69) is 23.3 Å². The molecule has 0 radical (unpaired) electrons. The largest absolute Gasteiger partial charge is 0.476 e. The molecular formula is C13H14N2O2S. The van der Waals surface area contributed by atoms with Gasteiger partial charge in [0.2, 0.25) is 0 Å². The lowest BCUT2D eigenvalue weighted by molar-refractivity contribution is 0.0690. The van der Waals surface area contributed by atoms with E-state index in [1.807, 2.05) is 18.2 Å². The highest BCUT2D eigenvalue weighted by atomic mass is 32.1. The minimum atomic E-state index is -0.987. The number of hydrogen-bond donors (Lipinski definition) is 2. The van der Waals surface area contributed by atoms with E-state index in [9.17, 15) is 4.79 Å². The first kappa shape index (κ1) is 12.6. The van der Waals surface area contributed by atoms with Crippen LogP contribution in [0.1, 0.15) is 27.9 Å². The predicted molar refractivity (Wildman–Crippen MR) is 72.9 cm³/mol. The van der Waals surface area contributed by atoms with Crippen molar-refractivity contribution in [2.24, 2.45) is 0 Å². The minimum absolute atomic E-state index is 0.120. The van der Waals surface area contributed by atoms with E-state index in [-0.39, 0.29) is 5.69 Å². The fourth-order valence-corrected chi connectivity index (χ4v) is 2.47. The van der Waals surface area contributed by atoms with Gasteiger partial charge in [0.05, 0.1) is 0 Å². The third kappa shape index (κ3) is 2.68. The van der Waals surface area contributed by atoms with Crippen molar-refractivity contribution in [3.63, 3.8) is 0 Å². The highest BCUT2D eigenvalue weighted by molar-refractivity contribution is 7.15. The van der Waals surface area contributed by atoms with Crippen LogP contribution >= 0.6 is 11.3 Å². The lowest BCUT2D eigenvalue weighted by atomic mass is 10.1. The zero-order valence-corrected chi connectivity index (χ0v) is 11.0. The number of carboxylic acid groups (broad SMARTS) is 1. The summed E-state index contributed by atoms with van der Waals surface area (Å²) in [5, 5.41) is 12.7. The number of rotatable bonds is 4. The second-order valence-electron chi connectivity index (χ2n) is 3.91. The van der Waals surface area contributed by atoms with Gasteiger partial charge in [-0.25, -0.2) is 9.78 Å². The standard InChI is InChI=1S/C13H14N2O2S/c1-3-9-5-4-6-10(7-9)14-13-15-11(12(16)17)8(2)18-13/h4-7H,3H2,1-2H3,(H,14,15)(H,16,17). The van der Waals surface area contributed by atoms with Crippen molar-refractivity contribution in [1.82, 2.24) is 4.98 Å². The van der Waals surface area contributed by atoms with E-state index in [0.717, 1.165) is 12.1 Å². The summed E-state index contributed by atoms with van der Waals surface area (Å²) in [6.45, 7) is 3.85. The Hall–Kier alpha value is -1.88. The van der Waals surface area contributed by atoms with E-state index in [0.29, 0.717) is 10.0 Å². The Morgan fingerprint density at radius 3 is 2.89 bits per heavy atom. The van der Waals surface area contributed by atoms with Crippen LogP contribution in [0.2, 0.25) is 0 Å². The second kappa shape index (κ2) is 5.18. The number of anilines is 2.